The van der Waals surface area contributed by atoms with Crippen LogP contribution >= 0.6 is 0 Å². The van der Waals surface area contributed by atoms with Gasteiger partial charge in [0.25, 0.3) is 0 Å². The van der Waals surface area contributed by atoms with Crippen molar-refractivity contribution in [2.24, 2.45) is 5.92 Å². The van der Waals surface area contributed by atoms with E-state index in [1.165, 1.54) is 0 Å². The molecule has 0 radical (unpaired) electrons. The van der Waals surface area contributed by atoms with Gasteiger partial charge in [-0.15, -0.1) is 0 Å². The first-order valence-electron chi connectivity index (χ1n) is 11.2. The van der Waals surface area contributed by atoms with Crippen LogP contribution < -0.4 is 15.8 Å². The molecule has 2 heterocycles. The first-order chi connectivity index (χ1) is 15.0. The Bertz CT molecular complexity index is 697. The van der Waals surface area contributed by atoms with Gasteiger partial charge in [0.15, 0.2) is 0 Å². The molecule has 0 bridgehead atoms. The summed E-state index contributed by atoms with van der Waals surface area (Å²) in [5, 5.41) is 10.0. The van der Waals surface area contributed by atoms with Gasteiger partial charge >= 0.3 is 0 Å². The van der Waals surface area contributed by atoms with Gasteiger partial charge in [0.1, 0.15) is 5.82 Å². The molecule has 0 spiro atoms. The third-order valence-corrected chi connectivity index (χ3v) is 5.44. The minimum atomic E-state index is -0.539. The summed E-state index contributed by atoms with van der Waals surface area (Å²) < 4.78 is 0. The largest absolute Gasteiger partial charge is 0.338 e. The van der Waals surface area contributed by atoms with Crippen molar-refractivity contribution in [2.45, 2.75) is 52.9 Å². The molecule has 11 nitrogen and oxygen atoms in total. The summed E-state index contributed by atoms with van der Waals surface area (Å²) in [5.41, 5.74) is 5.42. The number of aryl methyl sites for hydroxylation is 1. The van der Waals surface area contributed by atoms with Crippen molar-refractivity contribution in [3.8, 4) is 0 Å². The number of hydroxylamine groups is 2. The lowest BCUT2D eigenvalue weighted by Gasteiger charge is -2.34. The Balaban J connectivity index is 2.02. The standard InChI is InChI=1S/C20H36N8O3/c1-4-7-8-9-16(14-28(31)15-29)18(30)24-25-19-21-17(5-2)22-20(23-19)27-12-10-26(6-3)11-13-27/h15-16,31H,4-14H2,1-3H3,(H,24,30)(H,21,22,23,25). The van der Waals surface area contributed by atoms with E-state index in [4.69, 9.17) is 0 Å². The SMILES string of the molecule is CCCCCC(CN(O)C=O)C(=O)NNc1nc(CC)nc(N2CCN(CC)CC2)n1. The first kappa shape index (κ1) is 24.7. The minimum Gasteiger partial charge on any atom is -0.338 e. The molecule has 2 rings (SSSR count). The molecule has 1 atom stereocenters. The molecule has 1 fully saturated rings. The number of amides is 2. The van der Waals surface area contributed by atoms with Crippen LogP contribution in [0.2, 0.25) is 0 Å². The van der Waals surface area contributed by atoms with E-state index in [0.29, 0.717) is 36.1 Å². The normalized spacial score (nSPS) is 15.4. The molecular formula is C20H36N8O3. The molecule has 0 aliphatic carbocycles. The van der Waals surface area contributed by atoms with Crippen LogP contribution in [-0.4, -0.2) is 81.7 Å². The van der Waals surface area contributed by atoms with Gasteiger partial charge in [-0.25, -0.2) is 5.06 Å². The highest BCUT2D eigenvalue weighted by molar-refractivity contribution is 5.80. The van der Waals surface area contributed by atoms with Crippen molar-refractivity contribution in [3.05, 3.63) is 5.82 Å². The van der Waals surface area contributed by atoms with Crippen molar-refractivity contribution in [1.82, 2.24) is 30.3 Å². The predicted molar refractivity (Wildman–Crippen MR) is 117 cm³/mol. The second kappa shape index (κ2) is 13.0. The highest BCUT2D eigenvalue weighted by atomic mass is 16.5. The summed E-state index contributed by atoms with van der Waals surface area (Å²) in [6.45, 7) is 10.7. The number of rotatable bonds is 13. The van der Waals surface area contributed by atoms with Crippen LogP contribution in [0.15, 0.2) is 0 Å². The molecular weight excluding hydrogens is 400 g/mol. The van der Waals surface area contributed by atoms with Gasteiger partial charge in [0.2, 0.25) is 24.2 Å². The van der Waals surface area contributed by atoms with Gasteiger partial charge in [-0.1, -0.05) is 40.0 Å². The number of anilines is 2. The zero-order valence-corrected chi connectivity index (χ0v) is 18.9. The maximum atomic E-state index is 12.7. The fraction of sp³-hybridized carbons (Fsp3) is 0.750. The number of nitrogens with one attached hydrogen (secondary N) is 2. The van der Waals surface area contributed by atoms with Crippen molar-refractivity contribution in [2.75, 3.05) is 49.6 Å². The van der Waals surface area contributed by atoms with Crippen LogP contribution in [-0.2, 0) is 16.0 Å². The zero-order chi connectivity index (χ0) is 22.6. The van der Waals surface area contributed by atoms with Crippen molar-refractivity contribution >= 4 is 24.2 Å². The average Bonchev–Trinajstić information content (AvgIpc) is 2.81. The van der Waals surface area contributed by atoms with E-state index in [1.54, 1.807) is 0 Å². The van der Waals surface area contributed by atoms with Gasteiger partial charge in [-0.3, -0.25) is 25.6 Å². The van der Waals surface area contributed by atoms with Crippen molar-refractivity contribution in [1.29, 1.82) is 0 Å². The fourth-order valence-corrected chi connectivity index (χ4v) is 3.46. The molecule has 1 unspecified atom stereocenters. The summed E-state index contributed by atoms with van der Waals surface area (Å²) in [5.74, 6) is 0.650. The number of aromatic nitrogens is 3. The first-order valence-corrected chi connectivity index (χ1v) is 11.2. The molecule has 174 valence electrons. The number of carbonyl (C=O) groups excluding carboxylic acids is 2. The molecule has 11 heteroatoms. The molecule has 0 saturated carbocycles. The number of piperazine rings is 1. The molecule has 1 saturated heterocycles. The third-order valence-electron chi connectivity index (χ3n) is 5.44. The summed E-state index contributed by atoms with van der Waals surface area (Å²) in [6, 6.07) is 0. The summed E-state index contributed by atoms with van der Waals surface area (Å²) >= 11 is 0. The lowest BCUT2D eigenvalue weighted by molar-refractivity contribution is -0.154. The highest BCUT2D eigenvalue weighted by Gasteiger charge is 2.22. The number of carbonyl (C=O) groups is 2. The lowest BCUT2D eigenvalue weighted by Crippen LogP contribution is -2.47. The van der Waals surface area contributed by atoms with E-state index in [-0.39, 0.29) is 18.4 Å². The number of hydrazine groups is 1. The number of hydrogen-bond acceptors (Lipinski definition) is 9. The van der Waals surface area contributed by atoms with E-state index in [9.17, 15) is 14.8 Å². The Labute approximate surface area is 184 Å². The Morgan fingerprint density at radius 1 is 1.16 bits per heavy atom. The van der Waals surface area contributed by atoms with Crippen LogP contribution in [0.5, 0.6) is 0 Å². The van der Waals surface area contributed by atoms with E-state index >= 15 is 0 Å². The Hall–Kier alpha value is -2.53. The van der Waals surface area contributed by atoms with Crippen molar-refractivity contribution in [3.63, 3.8) is 0 Å². The van der Waals surface area contributed by atoms with Crippen LogP contribution in [0.3, 0.4) is 0 Å². The number of nitrogens with zero attached hydrogens (tertiary/aromatic N) is 6. The van der Waals surface area contributed by atoms with Crippen LogP contribution in [0.25, 0.3) is 0 Å². The van der Waals surface area contributed by atoms with E-state index in [2.05, 4.69) is 49.5 Å². The third kappa shape index (κ3) is 7.91. The summed E-state index contributed by atoms with van der Waals surface area (Å²) in [7, 11) is 0. The monoisotopic (exact) mass is 436 g/mol. The van der Waals surface area contributed by atoms with E-state index in [1.807, 2.05) is 6.92 Å². The van der Waals surface area contributed by atoms with Gasteiger partial charge in [-0.2, -0.15) is 15.0 Å². The number of unbranched alkanes of at least 4 members (excludes halogenated alkanes) is 2. The minimum absolute atomic E-state index is 0.0644. The molecule has 1 aliphatic heterocycles. The van der Waals surface area contributed by atoms with Gasteiger partial charge in [0.05, 0.1) is 12.5 Å². The van der Waals surface area contributed by atoms with Crippen molar-refractivity contribution < 1.29 is 14.8 Å². The van der Waals surface area contributed by atoms with Gasteiger partial charge in [0, 0.05) is 32.6 Å². The molecule has 0 aromatic carbocycles. The highest BCUT2D eigenvalue weighted by Crippen LogP contribution is 2.15. The van der Waals surface area contributed by atoms with Crippen LogP contribution in [0, 0.1) is 5.92 Å². The Morgan fingerprint density at radius 2 is 1.90 bits per heavy atom. The molecule has 2 amide bonds. The van der Waals surface area contributed by atoms with Gasteiger partial charge in [-0.05, 0) is 13.0 Å². The molecule has 1 aliphatic rings. The molecule has 3 N–H and O–H groups in total. The predicted octanol–water partition coefficient (Wildman–Crippen LogP) is 1.06. The second-order valence-electron chi connectivity index (χ2n) is 7.68. The molecule has 31 heavy (non-hydrogen) atoms. The number of hydrogen-bond donors (Lipinski definition) is 3. The quantitative estimate of drug-likeness (QED) is 0.180. The smallest absolute Gasteiger partial charge is 0.246 e. The maximum Gasteiger partial charge on any atom is 0.246 e. The van der Waals surface area contributed by atoms with Crippen LogP contribution in [0.1, 0.15) is 52.3 Å². The average molecular weight is 437 g/mol. The topological polar surface area (TPSA) is 127 Å². The molecule has 1 aromatic rings. The van der Waals surface area contributed by atoms with Crippen LogP contribution in [0.4, 0.5) is 11.9 Å². The zero-order valence-electron chi connectivity index (χ0n) is 18.9. The fourth-order valence-electron chi connectivity index (χ4n) is 3.46. The van der Waals surface area contributed by atoms with Gasteiger partial charge < -0.3 is 9.80 Å². The summed E-state index contributed by atoms with van der Waals surface area (Å²) in [6.07, 6.45) is 4.34. The van der Waals surface area contributed by atoms with E-state index in [0.717, 1.165) is 52.0 Å². The molecule has 1 aromatic heterocycles. The Kier molecular flexibility index (Phi) is 10.4. The number of likely N-dealkylation sites (N-methyl/N-ethyl adjacent to an activating group) is 1. The second-order valence-corrected chi connectivity index (χ2v) is 7.68. The Morgan fingerprint density at radius 3 is 2.52 bits per heavy atom. The maximum absolute atomic E-state index is 12.7. The summed E-state index contributed by atoms with van der Waals surface area (Å²) in [4.78, 5) is 41.3. The van der Waals surface area contributed by atoms with E-state index < -0.39 is 5.92 Å². The lowest BCUT2D eigenvalue weighted by atomic mass is 10.0.